The van der Waals surface area contributed by atoms with Gasteiger partial charge in [-0.2, -0.15) is 0 Å². The van der Waals surface area contributed by atoms with Gasteiger partial charge in [0, 0.05) is 26.2 Å². The number of methoxy groups -OCH3 is 2. The van der Waals surface area contributed by atoms with Crippen LogP contribution >= 0.6 is 0 Å². The van der Waals surface area contributed by atoms with Gasteiger partial charge in [0.15, 0.2) is 11.5 Å². The number of carbonyl (C=O) groups excluding carboxylic acids is 2. The number of benzene rings is 2. The first-order valence-corrected chi connectivity index (χ1v) is 11.0. The van der Waals surface area contributed by atoms with Gasteiger partial charge in [-0.15, -0.1) is 0 Å². The van der Waals surface area contributed by atoms with Crippen LogP contribution in [0.3, 0.4) is 0 Å². The highest BCUT2D eigenvalue weighted by Crippen LogP contribution is 2.38. The molecule has 2 aliphatic heterocycles. The van der Waals surface area contributed by atoms with Crippen LogP contribution in [0.15, 0.2) is 48.2 Å². The Bertz CT molecular complexity index is 1070. The van der Waals surface area contributed by atoms with Crippen LogP contribution in [0.2, 0.25) is 0 Å². The summed E-state index contributed by atoms with van der Waals surface area (Å²) < 4.78 is 16.3. The number of nitrogens with zero attached hydrogens (tertiary/aromatic N) is 3. The topological polar surface area (TPSA) is 71.6 Å². The van der Waals surface area contributed by atoms with E-state index in [-0.39, 0.29) is 11.8 Å². The maximum absolute atomic E-state index is 13.7. The van der Waals surface area contributed by atoms with Crippen molar-refractivity contribution < 1.29 is 23.8 Å². The van der Waals surface area contributed by atoms with E-state index in [1.165, 1.54) is 4.90 Å². The fraction of sp³-hybridized carbons (Fsp3) is 0.360. The second-order valence-electron chi connectivity index (χ2n) is 7.96. The molecule has 8 heteroatoms. The molecule has 0 aromatic heterocycles. The van der Waals surface area contributed by atoms with Gasteiger partial charge in [0.1, 0.15) is 11.4 Å². The van der Waals surface area contributed by atoms with Crippen molar-refractivity contribution in [3.8, 4) is 17.2 Å². The van der Waals surface area contributed by atoms with E-state index in [9.17, 15) is 9.59 Å². The number of amides is 2. The molecule has 1 fully saturated rings. The summed E-state index contributed by atoms with van der Waals surface area (Å²) in [7, 11) is 5.16. The Morgan fingerprint density at radius 1 is 0.848 bits per heavy atom. The Labute approximate surface area is 193 Å². The fourth-order valence-corrected chi connectivity index (χ4v) is 4.19. The third-order valence-corrected chi connectivity index (χ3v) is 5.96. The van der Waals surface area contributed by atoms with Crippen molar-refractivity contribution in [2.24, 2.45) is 0 Å². The molecule has 1 saturated heterocycles. The SMILES string of the molecule is CCOc1ccc(N2C(=O)C(c3ccc(OC)c(OC)c3)=C(N3CCN(C)CC3)C2=O)cc1. The van der Waals surface area contributed by atoms with E-state index < -0.39 is 0 Å². The third-order valence-electron chi connectivity index (χ3n) is 5.96. The largest absolute Gasteiger partial charge is 0.494 e. The van der Waals surface area contributed by atoms with Crippen molar-refractivity contribution in [3.63, 3.8) is 0 Å². The van der Waals surface area contributed by atoms with Gasteiger partial charge in [0.25, 0.3) is 11.8 Å². The Balaban J connectivity index is 1.78. The Morgan fingerprint density at radius 3 is 2.12 bits per heavy atom. The molecule has 4 rings (SSSR count). The Morgan fingerprint density at radius 2 is 1.52 bits per heavy atom. The first-order valence-electron chi connectivity index (χ1n) is 11.0. The lowest BCUT2D eigenvalue weighted by molar-refractivity contribution is -0.120. The van der Waals surface area contributed by atoms with Crippen LogP contribution in [-0.2, 0) is 9.59 Å². The number of hydrogen-bond donors (Lipinski definition) is 0. The molecule has 2 aromatic carbocycles. The summed E-state index contributed by atoms with van der Waals surface area (Å²) in [5.41, 5.74) is 1.93. The van der Waals surface area contributed by atoms with Crippen molar-refractivity contribution in [2.75, 3.05) is 59.0 Å². The molecular formula is C25H29N3O5. The number of rotatable bonds is 7. The van der Waals surface area contributed by atoms with E-state index in [1.54, 1.807) is 56.7 Å². The predicted molar refractivity (Wildman–Crippen MR) is 126 cm³/mol. The van der Waals surface area contributed by atoms with Gasteiger partial charge in [0.2, 0.25) is 0 Å². The van der Waals surface area contributed by atoms with Crippen LogP contribution in [0.25, 0.3) is 5.57 Å². The molecule has 33 heavy (non-hydrogen) atoms. The van der Waals surface area contributed by atoms with Crippen molar-refractivity contribution >= 4 is 23.1 Å². The lowest BCUT2D eigenvalue weighted by Gasteiger charge is -2.34. The van der Waals surface area contributed by atoms with E-state index in [1.807, 2.05) is 11.8 Å². The summed E-state index contributed by atoms with van der Waals surface area (Å²) in [6, 6.07) is 12.3. The molecule has 0 N–H and O–H groups in total. The second kappa shape index (κ2) is 9.54. The minimum absolute atomic E-state index is 0.321. The van der Waals surface area contributed by atoms with Crippen molar-refractivity contribution in [1.82, 2.24) is 9.80 Å². The van der Waals surface area contributed by atoms with E-state index in [2.05, 4.69) is 11.9 Å². The summed E-state index contributed by atoms with van der Waals surface area (Å²) in [6.45, 7) is 5.40. The number of anilines is 1. The van der Waals surface area contributed by atoms with Crippen LogP contribution in [0.5, 0.6) is 17.2 Å². The van der Waals surface area contributed by atoms with Gasteiger partial charge < -0.3 is 24.0 Å². The maximum atomic E-state index is 13.7. The minimum atomic E-state index is -0.356. The molecule has 2 amide bonds. The molecule has 0 bridgehead atoms. The molecule has 174 valence electrons. The molecule has 2 heterocycles. The highest BCUT2D eigenvalue weighted by molar-refractivity contribution is 6.45. The fourth-order valence-electron chi connectivity index (χ4n) is 4.19. The van der Waals surface area contributed by atoms with Crippen LogP contribution < -0.4 is 19.1 Å². The molecule has 0 aliphatic carbocycles. The van der Waals surface area contributed by atoms with Crippen molar-refractivity contribution in [3.05, 3.63) is 53.7 Å². The third kappa shape index (κ3) is 4.26. The number of ether oxygens (including phenoxy) is 3. The number of piperazine rings is 1. The zero-order valence-corrected chi connectivity index (χ0v) is 19.5. The normalized spacial score (nSPS) is 17.1. The monoisotopic (exact) mass is 451 g/mol. The van der Waals surface area contributed by atoms with Gasteiger partial charge in [0.05, 0.1) is 32.1 Å². The predicted octanol–water partition coefficient (Wildman–Crippen LogP) is 2.63. The van der Waals surface area contributed by atoms with E-state index in [0.29, 0.717) is 59.5 Å². The van der Waals surface area contributed by atoms with Crippen LogP contribution in [0, 0.1) is 0 Å². The van der Waals surface area contributed by atoms with Gasteiger partial charge in [-0.3, -0.25) is 9.59 Å². The van der Waals surface area contributed by atoms with E-state index in [4.69, 9.17) is 14.2 Å². The van der Waals surface area contributed by atoms with Crippen LogP contribution in [0.1, 0.15) is 12.5 Å². The average Bonchev–Trinajstić information content (AvgIpc) is 3.09. The van der Waals surface area contributed by atoms with Crippen LogP contribution in [0.4, 0.5) is 5.69 Å². The number of likely N-dealkylation sites (N-methyl/N-ethyl adjacent to an activating group) is 1. The molecule has 8 nitrogen and oxygen atoms in total. The Hall–Kier alpha value is -3.52. The molecule has 2 aliphatic rings. The zero-order chi connectivity index (χ0) is 23.5. The smallest absolute Gasteiger partial charge is 0.282 e. The molecule has 0 saturated carbocycles. The quantitative estimate of drug-likeness (QED) is 0.600. The van der Waals surface area contributed by atoms with Gasteiger partial charge in [-0.05, 0) is 55.9 Å². The summed E-state index contributed by atoms with van der Waals surface area (Å²) in [6.07, 6.45) is 0. The Kier molecular flexibility index (Phi) is 6.55. The summed E-state index contributed by atoms with van der Waals surface area (Å²) in [4.78, 5) is 32.8. The van der Waals surface area contributed by atoms with E-state index >= 15 is 0 Å². The maximum Gasteiger partial charge on any atom is 0.282 e. The number of imide groups is 1. The van der Waals surface area contributed by atoms with Crippen molar-refractivity contribution in [1.29, 1.82) is 0 Å². The summed E-state index contributed by atoms with van der Waals surface area (Å²) in [5.74, 6) is 1.07. The number of carbonyl (C=O) groups is 2. The zero-order valence-electron chi connectivity index (χ0n) is 19.5. The van der Waals surface area contributed by atoms with Gasteiger partial charge >= 0.3 is 0 Å². The lowest BCUT2D eigenvalue weighted by Crippen LogP contribution is -2.46. The first kappa shape index (κ1) is 22.7. The minimum Gasteiger partial charge on any atom is -0.494 e. The van der Waals surface area contributed by atoms with Crippen molar-refractivity contribution in [2.45, 2.75) is 6.92 Å². The molecule has 0 unspecified atom stereocenters. The highest BCUT2D eigenvalue weighted by Gasteiger charge is 2.43. The molecule has 0 spiro atoms. The van der Waals surface area contributed by atoms with Crippen LogP contribution in [-0.4, -0.2) is 75.7 Å². The van der Waals surface area contributed by atoms with E-state index in [0.717, 1.165) is 13.1 Å². The lowest BCUT2D eigenvalue weighted by atomic mass is 10.0. The first-order chi connectivity index (χ1) is 16.0. The highest BCUT2D eigenvalue weighted by atomic mass is 16.5. The molecule has 0 atom stereocenters. The average molecular weight is 452 g/mol. The second-order valence-corrected chi connectivity index (χ2v) is 7.96. The summed E-state index contributed by atoms with van der Waals surface area (Å²) in [5, 5.41) is 0. The molecular weight excluding hydrogens is 422 g/mol. The molecule has 2 aromatic rings. The standard InChI is InChI=1S/C25H29N3O5/c1-5-33-19-9-7-18(8-10-19)28-24(29)22(17-6-11-20(31-3)21(16-17)32-4)23(25(28)30)27-14-12-26(2)13-15-27/h6-11,16H,5,12-15H2,1-4H3. The van der Waals surface area contributed by atoms with Gasteiger partial charge in [-0.25, -0.2) is 4.90 Å². The summed E-state index contributed by atoms with van der Waals surface area (Å²) >= 11 is 0. The van der Waals surface area contributed by atoms with Gasteiger partial charge in [-0.1, -0.05) is 6.07 Å². The number of hydrogen-bond acceptors (Lipinski definition) is 7. The molecule has 0 radical (unpaired) electrons.